The monoisotopic (exact) mass is 358 g/mol. The van der Waals surface area contributed by atoms with Crippen LogP contribution in [0.1, 0.15) is 52.0 Å². The van der Waals surface area contributed by atoms with E-state index in [1.165, 1.54) is 12.8 Å². The highest BCUT2D eigenvalue weighted by Crippen LogP contribution is 2.28. The molecule has 0 radical (unpaired) electrons. The van der Waals surface area contributed by atoms with E-state index in [-0.39, 0.29) is 23.9 Å². The van der Waals surface area contributed by atoms with E-state index in [1.54, 1.807) is 12.1 Å². The number of fused-ring (bicyclic) bond motifs is 2. The van der Waals surface area contributed by atoms with E-state index in [0.29, 0.717) is 17.0 Å². The zero-order valence-electron chi connectivity index (χ0n) is 14.0. The maximum Gasteiger partial charge on any atom is 0.240 e. The summed E-state index contributed by atoms with van der Waals surface area (Å²) in [5, 5.41) is 3.54. The van der Waals surface area contributed by atoms with E-state index in [4.69, 9.17) is 0 Å². The van der Waals surface area contributed by atoms with Crippen LogP contribution in [0.25, 0.3) is 0 Å². The SMILES string of the molecule is CC(C)(C)c1ccc(S(=O)(=O)NC2CC3CCC(C2)N3)cc1.Cl. The van der Waals surface area contributed by atoms with Gasteiger partial charge in [-0.3, -0.25) is 0 Å². The van der Waals surface area contributed by atoms with Crippen molar-refractivity contribution < 1.29 is 8.42 Å². The van der Waals surface area contributed by atoms with Gasteiger partial charge in [0.2, 0.25) is 10.0 Å². The molecule has 4 nitrogen and oxygen atoms in total. The molecule has 2 unspecified atom stereocenters. The fourth-order valence-corrected chi connectivity index (χ4v) is 4.84. The van der Waals surface area contributed by atoms with Gasteiger partial charge in [-0.1, -0.05) is 32.9 Å². The first-order chi connectivity index (χ1) is 10.2. The highest BCUT2D eigenvalue weighted by molar-refractivity contribution is 7.89. The van der Waals surface area contributed by atoms with Gasteiger partial charge in [-0.25, -0.2) is 13.1 Å². The molecule has 2 saturated heterocycles. The topological polar surface area (TPSA) is 58.2 Å². The van der Waals surface area contributed by atoms with E-state index in [2.05, 4.69) is 30.8 Å². The molecule has 3 rings (SSSR count). The average Bonchev–Trinajstić information content (AvgIpc) is 2.77. The van der Waals surface area contributed by atoms with Crippen LogP contribution >= 0.6 is 12.4 Å². The Balaban J connectivity index is 0.00000192. The lowest BCUT2D eigenvalue weighted by atomic mass is 9.87. The molecule has 2 N–H and O–H groups in total. The Morgan fingerprint density at radius 2 is 1.57 bits per heavy atom. The van der Waals surface area contributed by atoms with Crippen LogP contribution in [0.15, 0.2) is 29.2 Å². The Morgan fingerprint density at radius 3 is 2.04 bits per heavy atom. The fourth-order valence-electron chi connectivity index (χ4n) is 3.58. The molecular weight excluding hydrogens is 332 g/mol. The molecule has 6 heteroatoms. The third-order valence-electron chi connectivity index (χ3n) is 4.83. The van der Waals surface area contributed by atoms with Gasteiger partial charge in [0, 0.05) is 18.1 Å². The molecule has 2 bridgehead atoms. The molecule has 2 aliphatic heterocycles. The normalized spacial score (nSPS) is 27.5. The summed E-state index contributed by atoms with van der Waals surface area (Å²) in [5.41, 5.74) is 1.18. The minimum atomic E-state index is -3.42. The lowest BCUT2D eigenvalue weighted by Gasteiger charge is -2.29. The smallest absolute Gasteiger partial charge is 0.240 e. The molecule has 0 aliphatic carbocycles. The van der Waals surface area contributed by atoms with Crippen LogP contribution in [-0.2, 0) is 15.4 Å². The maximum atomic E-state index is 12.6. The van der Waals surface area contributed by atoms with Gasteiger partial charge in [0.1, 0.15) is 0 Å². The zero-order valence-corrected chi connectivity index (χ0v) is 15.6. The van der Waals surface area contributed by atoms with Crippen molar-refractivity contribution in [3.05, 3.63) is 29.8 Å². The number of halogens is 1. The van der Waals surface area contributed by atoms with Crippen molar-refractivity contribution in [1.29, 1.82) is 0 Å². The quantitative estimate of drug-likeness (QED) is 0.873. The highest BCUT2D eigenvalue weighted by Gasteiger charge is 2.35. The first-order valence-electron chi connectivity index (χ1n) is 8.13. The van der Waals surface area contributed by atoms with Crippen LogP contribution in [0.3, 0.4) is 0 Å². The summed E-state index contributed by atoms with van der Waals surface area (Å²) in [7, 11) is -3.42. The Morgan fingerprint density at radius 1 is 1.04 bits per heavy atom. The molecule has 2 aliphatic rings. The van der Waals surface area contributed by atoms with Crippen LogP contribution in [0, 0.1) is 0 Å². The van der Waals surface area contributed by atoms with Crippen LogP contribution in [0.5, 0.6) is 0 Å². The van der Waals surface area contributed by atoms with Crippen molar-refractivity contribution in [2.75, 3.05) is 0 Å². The number of benzene rings is 1. The Bertz CT molecular complexity index is 626. The number of sulfonamides is 1. The van der Waals surface area contributed by atoms with Gasteiger partial charge in [0.15, 0.2) is 0 Å². The average molecular weight is 359 g/mol. The minimum Gasteiger partial charge on any atom is -0.311 e. The van der Waals surface area contributed by atoms with E-state index in [0.717, 1.165) is 18.4 Å². The Labute approximate surface area is 145 Å². The molecule has 1 aromatic rings. The van der Waals surface area contributed by atoms with Crippen molar-refractivity contribution in [3.8, 4) is 0 Å². The van der Waals surface area contributed by atoms with Gasteiger partial charge in [0.25, 0.3) is 0 Å². The molecule has 23 heavy (non-hydrogen) atoms. The minimum absolute atomic E-state index is 0. The summed E-state index contributed by atoms with van der Waals surface area (Å²) in [6, 6.07) is 8.30. The summed E-state index contributed by atoms with van der Waals surface area (Å²) >= 11 is 0. The molecule has 2 fully saturated rings. The van der Waals surface area contributed by atoms with E-state index in [9.17, 15) is 8.42 Å². The number of hydrogen-bond acceptors (Lipinski definition) is 3. The van der Waals surface area contributed by atoms with Crippen molar-refractivity contribution in [2.24, 2.45) is 0 Å². The van der Waals surface area contributed by atoms with Crippen molar-refractivity contribution in [2.45, 2.75) is 74.9 Å². The maximum absolute atomic E-state index is 12.6. The Hall–Kier alpha value is -0.620. The molecule has 2 heterocycles. The number of hydrogen-bond donors (Lipinski definition) is 2. The predicted molar refractivity (Wildman–Crippen MR) is 95.7 cm³/mol. The van der Waals surface area contributed by atoms with Gasteiger partial charge < -0.3 is 5.32 Å². The van der Waals surface area contributed by atoms with Gasteiger partial charge in [0.05, 0.1) is 4.90 Å². The number of rotatable bonds is 3. The molecular formula is C17H27ClN2O2S. The summed E-state index contributed by atoms with van der Waals surface area (Å²) in [4.78, 5) is 0.367. The lowest BCUT2D eigenvalue weighted by Crippen LogP contribution is -2.47. The first-order valence-corrected chi connectivity index (χ1v) is 9.61. The number of nitrogens with one attached hydrogen (secondary N) is 2. The summed E-state index contributed by atoms with van der Waals surface area (Å²) < 4.78 is 28.0. The predicted octanol–water partition coefficient (Wildman–Crippen LogP) is 2.97. The molecule has 130 valence electrons. The van der Waals surface area contributed by atoms with E-state index >= 15 is 0 Å². The van der Waals surface area contributed by atoms with Crippen LogP contribution < -0.4 is 10.0 Å². The molecule has 0 aromatic heterocycles. The van der Waals surface area contributed by atoms with Crippen molar-refractivity contribution in [3.63, 3.8) is 0 Å². The third kappa shape index (κ3) is 4.27. The van der Waals surface area contributed by atoms with Crippen LogP contribution in [-0.4, -0.2) is 26.5 Å². The van der Waals surface area contributed by atoms with Crippen molar-refractivity contribution in [1.82, 2.24) is 10.0 Å². The molecule has 1 aromatic carbocycles. The van der Waals surface area contributed by atoms with Crippen LogP contribution in [0.2, 0.25) is 0 Å². The molecule has 0 amide bonds. The molecule has 0 saturated carbocycles. The van der Waals surface area contributed by atoms with Crippen LogP contribution in [0.4, 0.5) is 0 Å². The van der Waals surface area contributed by atoms with E-state index < -0.39 is 10.0 Å². The van der Waals surface area contributed by atoms with E-state index in [1.807, 2.05) is 12.1 Å². The van der Waals surface area contributed by atoms with Crippen molar-refractivity contribution >= 4 is 22.4 Å². The summed E-state index contributed by atoms with van der Waals surface area (Å²) in [5.74, 6) is 0. The van der Waals surface area contributed by atoms with Gasteiger partial charge in [-0.15, -0.1) is 12.4 Å². The molecule has 2 atom stereocenters. The fraction of sp³-hybridized carbons (Fsp3) is 0.647. The van der Waals surface area contributed by atoms with Gasteiger partial charge >= 0.3 is 0 Å². The highest BCUT2D eigenvalue weighted by atomic mass is 35.5. The van der Waals surface area contributed by atoms with Gasteiger partial charge in [-0.05, 0) is 48.8 Å². The van der Waals surface area contributed by atoms with Gasteiger partial charge in [-0.2, -0.15) is 0 Å². The molecule has 0 spiro atoms. The number of piperidine rings is 1. The third-order valence-corrected chi connectivity index (χ3v) is 6.36. The standard InChI is InChI=1S/C17H26N2O2S.ClH/c1-17(2,3)12-4-8-16(9-5-12)22(20,21)19-15-10-13-6-7-14(11-15)18-13;/h4-5,8-9,13-15,18-19H,6-7,10-11H2,1-3H3;1H. The zero-order chi connectivity index (χ0) is 16.0. The largest absolute Gasteiger partial charge is 0.311 e. The summed E-state index contributed by atoms with van der Waals surface area (Å²) in [6.45, 7) is 6.37. The lowest BCUT2D eigenvalue weighted by molar-refractivity contribution is 0.345. The second-order valence-electron chi connectivity index (χ2n) is 7.70. The summed E-state index contributed by atoms with van der Waals surface area (Å²) in [6.07, 6.45) is 4.14. The first kappa shape index (κ1) is 18.7. The second-order valence-corrected chi connectivity index (χ2v) is 9.42. The Kier molecular flexibility index (Phi) is 5.46. The second kappa shape index (κ2) is 6.71.